The summed E-state index contributed by atoms with van der Waals surface area (Å²) < 4.78 is 36.7. The van der Waals surface area contributed by atoms with Crippen molar-refractivity contribution in [3.05, 3.63) is 47.0 Å². The highest BCUT2D eigenvalue weighted by Crippen LogP contribution is 2.26. The third-order valence-corrected chi connectivity index (χ3v) is 3.41. The molecule has 0 spiro atoms. The first kappa shape index (κ1) is 16.0. The van der Waals surface area contributed by atoms with Gasteiger partial charge < -0.3 is 5.32 Å². The van der Waals surface area contributed by atoms with Crippen LogP contribution in [0.1, 0.15) is 15.2 Å². The maximum absolute atomic E-state index is 12.2. The van der Waals surface area contributed by atoms with Crippen LogP contribution < -0.4 is 10.6 Å². The van der Waals surface area contributed by atoms with Gasteiger partial charge in [-0.1, -0.05) is 41.7 Å². The fraction of sp³-hybridized carbons (Fsp3) is 0.154. The van der Waals surface area contributed by atoms with Crippen molar-refractivity contribution < 1.29 is 22.8 Å². The summed E-state index contributed by atoms with van der Waals surface area (Å²) in [6, 6.07) is 8.45. The molecule has 2 amide bonds. The number of hydrogen-bond acceptors (Lipinski definition) is 4. The Morgan fingerprint density at radius 3 is 2.50 bits per heavy atom. The minimum Gasteiger partial charge on any atom is -0.334 e. The number of rotatable bonds is 4. The van der Waals surface area contributed by atoms with E-state index in [0.29, 0.717) is 11.3 Å². The molecule has 5 nitrogen and oxygen atoms in total. The molecule has 0 unspecified atom stereocenters. The summed E-state index contributed by atoms with van der Waals surface area (Å²) in [5.41, 5.74) is 0.865. The second-order valence-electron chi connectivity index (χ2n) is 4.15. The Hall–Kier alpha value is -2.42. The molecule has 22 heavy (non-hydrogen) atoms. The molecule has 0 aliphatic heterocycles. The van der Waals surface area contributed by atoms with Crippen LogP contribution in [0.3, 0.4) is 0 Å². The number of ketones is 1. The van der Waals surface area contributed by atoms with Crippen LogP contribution in [0.5, 0.6) is 0 Å². The minimum atomic E-state index is -4.96. The topological polar surface area (TPSA) is 71.1 Å². The highest BCUT2D eigenvalue weighted by atomic mass is 32.1. The molecule has 0 saturated heterocycles. The number of benzene rings is 1. The normalized spacial score (nSPS) is 11.0. The molecule has 2 aromatic rings. The molecule has 0 fully saturated rings. The van der Waals surface area contributed by atoms with Crippen molar-refractivity contribution in [1.29, 1.82) is 0 Å². The number of halogens is 3. The lowest BCUT2D eigenvalue weighted by Gasteiger charge is -2.05. The van der Waals surface area contributed by atoms with Crippen molar-refractivity contribution >= 4 is 28.3 Å². The van der Waals surface area contributed by atoms with Crippen molar-refractivity contribution in [2.24, 2.45) is 0 Å². The lowest BCUT2D eigenvalue weighted by atomic mass is 10.2. The molecule has 0 saturated carbocycles. The predicted molar refractivity (Wildman–Crippen MR) is 74.8 cm³/mol. The SMILES string of the molecule is O=C(NCc1ccccc1)Nc1ncc(C(=O)C(F)(F)F)s1. The maximum atomic E-state index is 12.2. The second kappa shape index (κ2) is 6.56. The standard InChI is InChI=1S/C13H10F3N3O2S/c14-13(15,16)10(20)9-7-18-12(22-9)19-11(21)17-6-8-4-2-1-3-5-8/h1-5,7H,6H2,(H2,17,18,19,21). The monoisotopic (exact) mass is 329 g/mol. The highest BCUT2D eigenvalue weighted by Gasteiger charge is 2.40. The summed E-state index contributed by atoms with van der Waals surface area (Å²) in [6.45, 7) is 0.256. The van der Waals surface area contributed by atoms with Crippen LogP contribution in [0.15, 0.2) is 36.5 Å². The van der Waals surface area contributed by atoms with Crippen LogP contribution >= 0.6 is 11.3 Å². The zero-order valence-electron chi connectivity index (χ0n) is 11.0. The van der Waals surface area contributed by atoms with Gasteiger partial charge >= 0.3 is 12.2 Å². The fourth-order valence-corrected chi connectivity index (χ4v) is 2.27. The van der Waals surface area contributed by atoms with Gasteiger partial charge in [0.05, 0.1) is 6.20 Å². The third kappa shape index (κ3) is 4.29. The molecule has 116 valence electrons. The van der Waals surface area contributed by atoms with Gasteiger partial charge in [0.25, 0.3) is 5.78 Å². The van der Waals surface area contributed by atoms with E-state index >= 15 is 0 Å². The highest BCUT2D eigenvalue weighted by molar-refractivity contribution is 7.17. The number of Topliss-reactive ketones (excluding diaryl/α,β-unsaturated/α-hetero) is 1. The molecule has 2 N–H and O–H groups in total. The van der Waals surface area contributed by atoms with Gasteiger partial charge in [-0.15, -0.1) is 0 Å². The first-order chi connectivity index (χ1) is 10.4. The van der Waals surface area contributed by atoms with Crippen molar-refractivity contribution in [2.75, 3.05) is 5.32 Å². The van der Waals surface area contributed by atoms with Crippen molar-refractivity contribution in [1.82, 2.24) is 10.3 Å². The van der Waals surface area contributed by atoms with Crippen molar-refractivity contribution in [3.63, 3.8) is 0 Å². The summed E-state index contributed by atoms with van der Waals surface area (Å²) in [5.74, 6) is -1.98. The summed E-state index contributed by atoms with van der Waals surface area (Å²) >= 11 is 0.465. The summed E-state index contributed by atoms with van der Waals surface area (Å²) in [7, 11) is 0. The molecule has 9 heteroatoms. The molecule has 1 heterocycles. The molecule has 2 rings (SSSR count). The molecular weight excluding hydrogens is 319 g/mol. The van der Waals surface area contributed by atoms with Crippen LogP contribution in [0.4, 0.5) is 23.1 Å². The molecule has 0 atom stereocenters. The van der Waals surface area contributed by atoms with Crippen LogP contribution in [0.25, 0.3) is 0 Å². The molecule has 0 radical (unpaired) electrons. The van der Waals surface area contributed by atoms with Gasteiger partial charge in [0.1, 0.15) is 4.88 Å². The fourth-order valence-electron chi connectivity index (χ4n) is 1.50. The number of carbonyl (C=O) groups is 2. The molecule has 1 aromatic carbocycles. The van der Waals surface area contributed by atoms with Gasteiger partial charge in [0.15, 0.2) is 5.13 Å². The van der Waals surface area contributed by atoms with E-state index in [1.165, 1.54) is 0 Å². The van der Waals surface area contributed by atoms with E-state index in [2.05, 4.69) is 15.6 Å². The second-order valence-corrected chi connectivity index (χ2v) is 5.18. The predicted octanol–water partition coefficient (Wildman–Crippen LogP) is 3.21. The summed E-state index contributed by atoms with van der Waals surface area (Å²) in [5, 5.41) is 4.72. The van der Waals surface area contributed by atoms with Crippen molar-refractivity contribution in [3.8, 4) is 0 Å². The van der Waals surface area contributed by atoms with Gasteiger partial charge in [-0.25, -0.2) is 9.78 Å². The van der Waals surface area contributed by atoms with E-state index in [0.717, 1.165) is 11.8 Å². The smallest absolute Gasteiger partial charge is 0.334 e. The quantitative estimate of drug-likeness (QED) is 0.846. The number of thiazole rings is 1. The van der Waals surface area contributed by atoms with Gasteiger partial charge in [-0.2, -0.15) is 13.2 Å². The van der Waals surface area contributed by atoms with Crippen LogP contribution in [0.2, 0.25) is 0 Å². The lowest BCUT2D eigenvalue weighted by Crippen LogP contribution is -2.28. The van der Waals surface area contributed by atoms with Gasteiger partial charge in [0.2, 0.25) is 0 Å². The van der Waals surface area contributed by atoms with Crippen LogP contribution in [-0.2, 0) is 6.54 Å². The van der Waals surface area contributed by atoms with E-state index in [-0.39, 0.29) is 11.7 Å². The van der Waals surface area contributed by atoms with E-state index in [4.69, 9.17) is 0 Å². The largest absolute Gasteiger partial charge is 0.455 e. The van der Waals surface area contributed by atoms with E-state index in [9.17, 15) is 22.8 Å². The molecule has 0 bridgehead atoms. The number of urea groups is 1. The molecule has 1 aromatic heterocycles. The van der Waals surface area contributed by atoms with Gasteiger partial charge in [0, 0.05) is 6.54 Å². The number of nitrogens with zero attached hydrogens (tertiary/aromatic N) is 1. The van der Waals surface area contributed by atoms with Crippen LogP contribution in [0, 0.1) is 0 Å². The zero-order chi connectivity index (χ0) is 16.2. The lowest BCUT2D eigenvalue weighted by molar-refractivity contribution is -0.0882. The Balaban J connectivity index is 1.90. The average molecular weight is 329 g/mol. The van der Waals surface area contributed by atoms with E-state index in [1.54, 1.807) is 0 Å². The van der Waals surface area contributed by atoms with Gasteiger partial charge in [-0.3, -0.25) is 10.1 Å². The number of carbonyl (C=O) groups excluding carboxylic acids is 2. The molecule has 0 aliphatic carbocycles. The maximum Gasteiger partial charge on any atom is 0.455 e. The Bertz CT molecular complexity index is 671. The number of amides is 2. The first-order valence-corrected chi connectivity index (χ1v) is 6.84. The minimum absolute atomic E-state index is 0.0850. The number of aromatic nitrogens is 1. The van der Waals surface area contributed by atoms with Gasteiger partial charge in [-0.05, 0) is 5.56 Å². The average Bonchev–Trinajstić information content (AvgIpc) is 2.92. The molecular formula is C13H10F3N3O2S. The van der Waals surface area contributed by atoms with E-state index in [1.807, 2.05) is 30.3 Å². The Morgan fingerprint density at radius 2 is 1.86 bits per heavy atom. The van der Waals surface area contributed by atoms with Crippen LogP contribution in [-0.4, -0.2) is 23.0 Å². The summed E-state index contributed by atoms with van der Waals surface area (Å²) in [6.07, 6.45) is -4.17. The first-order valence-electron chi connectivity index (χ1n) is 6.02. The Morgan fingerprint density at radius 1 is 1.18 bits per heavy atom. The Kier molecular flexibility index (Phi) is 4.76. The summed E-state index contributed by atoms with van der Waals surface area (Å²) in [4.78, 5) is 25.6. The number of alkyl halides is 3. The van der Waals surface area contributed by atoms with E-state index < -0.39 is 22.9 Å². The third-order valence-electron chi connectivity index (χ3n) is 2.50. The number of hydrogen-bond donors (Lipinski definition) is 2. The van der Waals surface area contributed by atoms with Crippen molar-refractivity contribution in [2.45, 2.75) is 12.7 Å². The zero-order valence-corrected chi connectivity index (χ0v) is 11.8. The Labute approximate surface area is 127 Å². The number of nitrogens with one attached hydrogen (secondary N) is 2. The molecule has 0 aliphatic rings. The number of anilines is 1.